The molecule has 1 N–H and O–H groups in total. The smallest absolute Gasteiger partial charge is 0.234 e. The first kappa shape index (κ1) is 17.7. The number of likely N-dealkylation sites (tertiary alicyclic amines) is 1. The first-order valence-electron chi connectivity index (χ1n) is 9.94. The molecule has 5 nitrogen and oxygen atoms in total. The van der Waals surface area contributed by atoms with Crippen molar-refractivity contribution in [3.05, 3.63) is 30.1 Å². The Bertz CT molecular complexity index is 620. The van der Waals surface area contributed by atoms with E-state index in [1.165, 1.54) is 18.9 Å². The first-order valence-corrected chi connectivity index (χ1v) is 9.94. The highest BCUT2D eigenvalue weighted by Crippen LogP contribution is 2.29. The van der Waals surface area contributed by atoms with Gasteiger partial charge in [0, 0.05) is 51.4 Å². The fourth-order valence-corrected chi connectivity index (χ4v) is 4.18. The van der Waals surface area contributed by atoms with Gasteiger partial charge in [-0.2, -0.15) is 0 Å². The van der Waals surface area contributed by atoms with Crippen molar-refractivity contribution in [2.75, 3.05) is 50.7 Å². The van der Waals surface area contributed by atoms with E-state index in [0.717, 1.165) is 58.2 Å². The fourth-order valence-electron chi connectivity index (χ4n) is 4.18. The Morgan fingerprint density at radius 1 is 1.00 bits per heavy atom. The van der Waals surface area contributed by atoms with Crippen molar-refractivity contribution >= 4 is 11.6 Å². The highest BCUT2D eigenvalue weighted by Gasteiger charge is 2.32. The van der Waals surface area contributed by atoms with Gasteiger partial charge in [-0.3, -0.25) is 9.69 Å². The van der Waals surface area contributed by atoms with Crippen molar-refractivity contribution in [1.82, 2.24) is 15.1 Å². The van der Waals surface area contributed by atoms with Gasteiger partial charge in [-0.1, -0.05) is 12.1 Å². The molecule has 0 unspecified atom stereocenters. The summed E-state index contributed by atoms with van der Waals surface area (Å²) in [4.78, 5) is 19.2. The average molecular weight is 360 g/mol. The number of para-hydroxylation sites is 1. The molecule has 1 saturated carbocycles. The molecule has 4 rings (SSSR count). The second kappa shape index (κ2) is 7.92. The van der Waals surface area contributed by atoms with E-state index < -0.39 is 0 Å². The highest BCUT2D eigenvalue weighted by atomic mass is 19.1. The van der Waals surface area contributed by atoms with Gasteiger partial charge in [0.05, 0.1) is 12.2 Å². The summed E-state index contributed by atoms with van der Waals surface area (Å²) in [5.74, 6) is -0.0366. The molecule has 2 saturated heterocycles. The van der Waals surface area contributed by atoms with Crippen LogP contribution >= 0.6 is 0 Å². The van der Waals surface area contributed by atoms with Crippen LogP contribution in [0.3, 0.4) is 0 Å². The van der Waals surface area contributed by atoms with Gasteiger partial charge in [0.2, 0.25) is 5.91 Å². The normalized spacial score (nSPS) is 23.2. The summed E-state index contributed by atoms with van der Waals surface area (Å²) in [6.07, 6.45) is 4.86. The molecule has 3 fully saturated rings. The van der Waals surface area contributed by atoms with E-state index in [4.69, 9.17) is 0 Å². The predicted octanol–water partition coefficient (Wildman–Crippen LogP) is 1.69. The van der Waals surface area contributed by atoms with Crippen molar-refractivity contribution < 1.29 is 9.18 Å². The number of benzene rings is 1. The Morgan fingerprint density at radius 2 is 1.69 bits per heavy atom. The van der Waals surface area contributed by atoms with Crippen molar-refractivity contribution in [2.45, 2.75) is 37.8 Å². The van der Waals surface area contributed by atoms with E-state index in [1.54, 1.807) is 6.07 Å². The Morgan fingerprint density at radius 3 is 2.35 bits per heavy atom. The second-order valence-corrected chi connectivity index (χ2v) is 7.82. The molecular formula is C20H29FN4O. The summed E-state index contributed by atoms with van der Waals surface area (Å²) in [6, 6.07) is 8.08. The number of piperazine rings is 1. The molecule has 1 aliphatic carbocycles. The summed E-state index contributed by atoms with van der Waals surface area (Å²) in [5.41, 5.74) is 0.666. The van der Waals surface area contributed by atoms with E-state index in [-0.39, 0.29) is 11.7 Å². The zero-order chi connectivity index (χ0) is 17.9. The molecule has 0 spiro atoms. The Labute approximate surface area is 155 Å². The predicted molar refractivity (Wildman–Crippen MR) is 101 cm³/mol. The maximum absolute atomic E-state index is 13.9. The van der Waals surface area contributed by atoms with Crippen LogP contribution in [-0.4, -0.2) is 73.6 Å². The van der Waals surface area contributed by atoms with Gasteiger partial charge in [-0.05, 0) is 37.8 Å². The lowest BCUT2D eigenvalue weighted by Crippen LogP contribution is -2.52. The Hall–Kier alpha value is -1.66. The van der Waals surface area contributed by atoms with E-state index in [0.29, 0.717) is 18.3 Å². The summed E-state index contributed by atoms with van der Waals surface area (Å²) in [6.45, 7) is 5.80. The minimum Gasteiger partial charge on any atom is -0.367 e. The SMILES string of the molecule is O=C(CN1CCN(c2ccccc2F)CC1)NC1CCN(C2CC2)CC1. The molecule has 6 heteroatoms. The average Bonchev–Trinajstić information content (AvgIpc) is 3.49. The minimum absolute atomic E-state index is 0.134. The molecule has 0 atom stereocenters. The third-order valence-electron chi connectivity index (χ3n) is 5.89. The van der Waals surface area contributed by atoms with Crippen molar-refractivity contribution in [3.63, 3.8) is 0 Å². The molecule has 26 heavy (non-hydrogen) atoms. The molecule has 2 aliphatic heterocycles. The van der Waals surface area contributed by atoms with Crippen LogP contribution < -0.4 is 10.2 Å². The number of hydrogen-bond donors (Lipinski definition) is 1. The standard InChI is InChI=1S/C20H29FN4O/c21-18-3-1-2-4-19(18)25-13-11-23(12-14-25)15-20(26)22-16-7-9-24(10-8-16)17-5-6-17/h1-4,16-17H,5-15H2,(H,22,26). The number of amides is 1. The number of anilines is 1. The largest absolute Gasteiger partial charge is 0.367 e. The lowest BCUT2D eigenvalue weighted by molar-refractivity contribution is -0.123. The third kappa shape index (κ3) is 4.35. The minimum atomic E-state index is -0.170. The van der Waals surface area contributed by atoms with Crippen molar-refractivity contribution in [3.8, 4) is 0 Å². The molecule has 1 aromatic rings. The van der Waals surface area contributed by atoms with Crippen LogP contribution in [-0.2, 0) is 4.79 Å². The van der Waals surface area contributed by atoms with Gasteiger partial charge in [-0.25, -0.2) is 4.39 Å². The van der Waals surface area contributed by atoms with Gasteiger partial charge < -0.3 is 15.1 Å². The van der Waals surface area contributed by atoms with E-state index in [2.05, 4.69) is 20.0 Å². The number of piperidine rings is 1. The molecule has 1 amide bonds. The summed E-state index contributed by atoms with van der Waals surface area (Å²) < 4.78 is 13.9. The monoisotopic (exact) mass is 360 g/mol. The Kier molecular flexibility index (Phi) is 5.41. The Balaban J connectivity index is 1.18. The lowest BCUT2D eigenvalue weighted by atomic mass is 10.0. The van der Waals surface area contributed by atoms with E-state index in [1.807, 2.05) is 12.1 Å². The number of nitrogens with one attached hydrogen (secondary N) is 1. The van der Waals surface area contributed by atoms with E-state index >= 15 is 0 Å². The summed E-state index contributed by atoms with van der Waals surface area (Å²) in [5, 5.41) is 3.22. The third-order valence-corrected chi connectivity index (χ3v) is 5.89. The fraction of sp³-hybridized carbons (Fsp3) is 0.650. The number of hydrogen-bond acceptors (Lipinski definition) is 4. The van der Waals surface area contributed by atoms with Crippen LogP contribution in [0.15, 0.2) is 24.3 Å². The van der Waals surface area contributed by atoms with Gasteiger partial charge in [0.25, 0.3) is 0 Å². The quantitative estimate of drug-likeness (QED) is 0.867. The molecule has 2 heterocycles. The molecule has 1 aromatic carbocycles. The summed E-state index contributed by atoms with van der Waals surface area (Å²) >= 11 is 0. The second-order valence-electron chi connectivity index (χ2n) is 7.82. The zero-order valence-corrected chi connectivity index (χ0v) is 15.4. The van der Waals surface area contributed by atoms with Crippen LogP contribution in [0.1, 0.15) is 25.7 Å². The van der Waals surface area contributed by atoms with Gasteiger partial charge in [0.1, 0.15) is 5.82 Å². The van der Waals surface area contributed by atoms with Gasteiger partial charge in [-0.15, -0.1) is 0 Å². The van der Waals surface area contributed by atoms with Crippen LogP contribution in [0.2, 0.25) is 0 Å². The number of carbonyl (C=O) groups excluding carboxylic acids is 1. The van der Waals surface area contributed by atoms with E-state index in [9.17, 15) is 9.18 Å². The summed E-state index contributed by atoms with van der Waals surface area (Å²) in [7, 11) is 0. The molecule has 3 aliphatic rings. The molecule has 0 aromatic heterocycles. The zero-order valence-electron chi connectivity index (χ0n) is 15.4. The molecular weight excluding hydrogens is 331 g/mol. The molecule has 142 valence electrons. The maximum atomic E-state index is 13.9. The highest BCUT2D eigenvalue weighted by molar-refractivity contribution is 5.78. The van der Waals surface area contributed by atoms with Crippen molar-refractivity contribution in [2.24, 2.45) is 0 Å². The van der Waals surface area contributed by atoms with Gasteiger partial charge in [0.15, 0.2) is 0 Å². The van der Waals surface area contributed by atoms with Crippen molar-refractivity contribution in [1.29, 1.82) is 0 Å². The lowest BCUT2D eigenvalue weighted by Gasteiger charge is -2.36. The first-order chi connectivity index (χ1) is 12.7. The molecule has 0 radical (unpaired) electrons. The maximum Gasteiger partial charge on any atom is 0.234 e. The number of halogens is 1. The van der Waals surface area contributed by atoms with Gasteiger partial charge >= 0.3 is 0 Å². The van der Waals surface area contributed by atoms with Crippen LogP contribution in [0, 0.1) is 5.82 Å². The van der Waals surface area contributed by atoms with Crippen LogP contribution in [0.4, 0.5) is 10.1 Å². The number of carbonyl (C=O) groups is 1. The number of rotatable bonds is 5. The topological polar surface area (TPSA) is 38.8 Å². The van der Waals surface area contributed by atoms with Crippen LogP contribution in [0.5, 0.6) is 0 Å². The molecule has 0 bridgehead atoms. The number of nitrogens with zero attached hydrogens (tertiary/aromatic N) is 3. The van der Waals surface area contributed by atoms with Crippen LogP contribution in [0.25, 0.3) is 0 Å².